The number of benzene rings is 2. The van der Waals surface area contributed by atoms with Crippen molar-refractivity contribution in [3.8, 4) is 5.75 Å². The molecule has 0 radical (unpaired) electrons. The lowest BCUT2D eigenvalue weighted by molar-refractivity contribution is -0.137. The zero-order valence-electron chi connectivity index (χ0n) is 22.7. The second-order valence-electron chi connectivity index (χ2n) is 10.7. The number of hydrogen-bond acceptors (Lipinski definition) is 3. The van der Waals surface area contributed by atoms with Gasteiger partial charge in [0.25, 0.3) is 5.91 Å². The molecule has 0 saturated carbocycles. The third-order valence-electron chi connectivity index (χ3n) is 6.13. The Morgan fingerprint density at radius 3 is 2.35 bits per heavy atom. The number of carbonyl (C=O) groups excluding carboxylic acids is 2. The number of hydrogen-bond donors (Lipinski definition) is 0. The van der Waals surface area contributed by atoms with Crippen molar-refractivity contribution < 1.29 is 14.3 Å². The van der Waals surface area contributed by atoms with Gasteiger partial charge in [-0.1, -0.05) is 37.6 Å². The third-order valence-corrected chi connectivity index (χ3v) is 6.38. The zero-order chi connectivity index (χ0) is 27.2. The van der Waals surface area contributed by atoms with E-state index >= 15 is 0 Å². The topological polar surface area (TPSA) is 54.8 Å². The van der Waals surface area contributed by atoms with Crippen LogP contribution in [-0.4, -0.2) is 51.9 Å². The molecular weight excluding hydrogens is 486 g/mol. The van der Waals surface area contributed by atoms with Crippen LogP contribution in [0.15, 0.2) is 66.9 Å². The Hall–Kier alpha value is -3.25. The molecule has 198 valence electrons. The van der Waals surface area contributed by atoms with Gasteiger partial charge in [-0.25, -0.2) is 0 Å². The summed E-state index contributed by atoms with van der Waals surface area (Å²) in [5, 5.41) is 0.568. The summed E-state index contributed by atoms with van der Waals surface area (Å²) >= 11 is 6.01. The molecule has 3 aromatic rings. The van der Waals surface area contributed by atoms with Crippen molar-refractivity contribution in [2.75, 3.05) is 20.2 Å². The van der Waals surface area contributed by atoms with Gasteiger partial charge >= 0.3 is 0 Å². The Morgan fingerprint density at radius 2 is 1.73 bits per heavy atom. The minimum absolute atomic E-state index is 0.00744. The quantitative estimate of drug-likeness (QED) is 0.321. The van der Waals surface area contributed by atoms with Crippen molar-refractivity contribution >= 4 is 23.4 Å². The number of methoxy groups -OCH3 is 1. The summed E-state index contributed by atoms with van der Waals surface area (Å²) in [7, 11) is 1.66. The molecule has 0 aliphatic carbocycles. The molecular formula is C30H38ClN3O3. The normalized spacial score (nSPS) is 11.5. The van der Waals surface area contributed by atoms with Crippen molar-refractivity contribution in [3.05, 3.63) is 88.7 Å². The lowest BCUT2D eigenvalue weighted by Gasteiger charge is -2.37. The molecule has 1 heterocycles. The van der Waals surface area contributed by atoms with Gasteiger partial charge in [-0.05, 0) is 80.8 Å². The molecule has 0 atom stereocenters. The van der Waals surface area contributed by atoms with Crippen molar-refractivity contribution in [1.29, 1.82) is 0 Å². The smallest absolute Gasteiger partial charge is 0.254 e. The molecule has 0 saturated heterocycles. The molecule has 0 spiro atoms. The van der Waals surface area contributed by atoms with Crippen molar-refractivity contribution in [2.45, 2.75) is 53.2 Å². The number of carbonyl (C=O) groups is 2. The summed E-state index contributed by atoms with van der Waals surface area (Å²) in [6.45, 7) is 11.7. The number of aromatic nitrogens is 1. The van der Waals surface area contributed by atoms with Gasteiger partial charge in [-0.2, -0.15) is 0 Å². The number of amides is 2. The summed E-state index contributed by atoms with van der Waals surface area (Å²) in [6, 6.07) is 18.8. The van der Waals surface area contributed by atoms with Gasteiger partial charge in [0.2, 0.25) is 5.91 Å². The van der Waals surface area contributed by atoms with Crippen LogP contribution in [-0.2, 0) is 17.9 Å². The van der Waals surface area contributed by atoms with Gasteiger partial charge in [0, 0.05) is 41.1 Å². The van der Waals surface area contributed by atoms with Crippen LogP contribution >= 0.6 is 11.6 Å². The first kappa shape index (κ1) is 28.3. The van der Waals surface area contributed by atoms with E-state index in [1.165, 1.54) is 0 Å². The van der Waals surface area contributed by atoms with Crippen LogP contribution in [0.4, 0.5) is 0 Å². The SMILES string of the molecule is COc1cccc(Cn2cccc2CN(C(=O)CN(CC(C)C)C(=O)c2ccc(Cl)cc2)C(C)(C)C)c1. The molecule has 1 aromatic heterocycles. The first-order chi connectivity index (χ1) is 17.5. The standard InChI is InChI=1S/C30H38ClN3O3/c1-22(2)18-33(29(36)24-12-14-25(31)15-13-24)21-28(35)34(30(3,4)5)20-26-10-8-16-32(26)19-23-9-7-11-27(17-23)37-6/h7-17,22H,18-21H2,1-6H3. The fourth-order valence-corrected chi connectivity index (χ4v) is 4.39. The number of halogens is 1. The predicted octanol–water partition coefficient (Wildman–Crippen LogP) is 6.12. The van der Waals surface area contributed by atoms with Gasteiger partial charge in [0.15, 0.2) is 0 Å². The molecule has 2 aromatic carbocycles. The van der Waals surface area contributed by atoms with E-state index in [0.29, 0.717) is 30.2 Å². The Bertz CT molecular complexity index is 1200. The highest BCUT2D eigenvalue weighted by molar-refractivity contribution is 6.30. The van der Waals surface area contributed by atoms with E-state index in [4.69, 9.17) is 16.3 Å². The van der Waals surface area contributed by atoms with E-state index in [2.05, 4.69) is 10.6 Å². The maximum absolute atomic E-state index is 13.7. The van der Waals surface area contributed by atoms with Gasteiger partial charge in [0.05, 0.1) is 13.7 Å². The third kappa shape index (κ3) is 7.86. The molecule has 3 rings (SSSR count). The van der Waals surface area contributed by atoms with E-state index in [0.717, 1.165) is 17.0 Å². The molecule has 0 N–H and O–H groups in total. The Morgan fingerprint density at radius 1 is 1.03 bits per heavy atom. The van der Waals surface area contributed by atoms with Crippen LogP contribution in [0.3, 0.4) is 0 Å². The van der Waals surface area contributed by atoms with Gasteiger partial charge in [-0.3, -0.25) is 9.59 Å². The molecule has 0 aliphatic heterocycles. The highest BCUT2D eigenvalue weighted by atomic mass is 35.5. The fraction of sp³-hybridized carbons (Fsp3) is 0.400. The summed E-state index contributed by atoms with van der Waals surface area (Å²) in [5.41, 5.74) is 2.22. The molecule has 7 heteroatoms. The van der Waals surface area contributed by atoms with Crippen molar-refractivity contribution in [1.82, 2.24) is 14.4 Å². The van der Waals surface area contributed by atoms with E-state index in [9.17, 15) is 9.59 Å². The Balaban J connectivity index is 1.81. The maximum Gasteiger partial charge on any atom is 0.254 e. The van der Waals surface area contributed by atoms with E-state index in [1.54, 1.807) is 36.3 Å². The largest absolute Gasteiger partial charge is 0.497 e. The monoisotopic (exact) mass is 523 g/mol. The van der Waals surface area contributed by atoms with E-state index < -0.39 is 5.54 Å². The van der Waals surface area contributed by atoms with Crippen LogP contribution in [0.5, 0.6) is 5.75 Å². The second kappa shape index (κ2) is 12.3. The number of nitrogens with zero attached hydrogens (tertiary/aromatic N) is 3. The minimum atomic E-state index is -0.436. The van der Waals surface area contributed by atoms with Crippen LogP contribution in [0, 0.1) is 5.92 Å². The maximum atomic E-state index is 13.7. The summed E-state index contributed by atoms with van der Waals surface area (Å²) in [5.74, 6) is 0.763. The lowest BCUT2D eigenvalue weighted by Crippen LogP contribution is -2.50. The molecule has 2 amide bonds. The predicted molar refractivity (Wildman–Crippen MR) is 149 cm³/mol. The first-order valence-electron chi connectivity index (χ1n) is 12.6. The van der Waals surface area contributed by atoms with Gasteiger partial charge < -0.3 is 19.1 Å². The fourth-order valence-electron chi connectivity index (χ4n) is 4.26. The Labute approximate surface area is 225 Å². The first-order valence-corrected chi connectivity index (χ1v) is 13.0. The average Bonchev–Trinajstić information content (AvgIpc) is 3.27. The molecule has 37 heavy (non-hydrogen) atoms. The van der Waals surface area contributed by atoms with Crippen molar-refractivity contribution in [2.24, 2.45) is 5.92 Å². The van der Waals surface area contributed by atoms with Crippen LogP contribution in [0.2, 0.25) is 5.02 Å². The number of ether oxygens (including phenoxy) is 1. The van der Waals surface area contributed by atoms with Crippen molar-refractivity contribution in [3.63, 3.8) is 0 Å². The summed E-state index contributed by atoms with van der Waals surface area (Å²) in [6.07, 6.45) is 2.02. The highest BCUT2D eigenvalue weighted by Gasteiger charge is 2.30. The Kier molecular flexibility index (Phi) is 9.44. The van der Waals surface area contributed by atoms with Crippen LogP contribution in [0.1, 0.15) is 56.2 Å². The van der Waals surface area contributed by atoms with E-state index in [-0.39, 0.29) is 24.3 Å². The molecule has 6 nitrogen and oxygen atoms in total. The summed E-state index contributed by atoms with van der Waals surface area (Å²) in [4.78, 5) is 30.6. The average molecular weight is 524 g/mol. The molecule has 0 aliphatic rings. The highest BCUT2D eigenvalue weighted by Crippen LogP contribution is 2.21. The van der Waals surface area contributed by atoms with Gasteiger partial charge in [0.1, 0.15) is 12.3 Å². The zero-order valence-corrected chi connectivity index (χ0v) is 23.5. The van der Waals surface area contributed by atoms with Crippen LogP contribution < -0.4 is 4.74 Å². The van der Waals surface area contributed by atoms with Gasteiger partial charge in [-0.15, -0.1) is 0 Å². The van der Waals surface area contributed by atoms with E-state index in [1.807, 2.05) is 76.0 Å². The number of rotatable bonds is 10. The molecule has 0 unspecified atom stereocenters. The van der Waals surface area contributed by atoms with Crippen LogP contribution in [0.25, 0.3) is 0 Å². The molecule has 0 bridgehead atoms. The minimum Gasteiger partial charge on any atom is -0.497 e. The molecule has 0 fully saturated rings. The summed E-state index contributed by atoms with van der Waals surface area (Å²) < 4.78 is 7.51. The second-order valence-corrected chi connectivity index (χ2v) is 11.2. The lowest BCUT2D eigenvalue weighted by atomic mass is 10.0.